The first kappa shape index (κ1) is 17.2. The molecule has 4 heteroatoms. The molecule has 3 nitrogen and oxygen atoms in total. The average molecular weight is 251 g/mol. The molecule has 0 unspecified atom stereocenters. The third-order valence-corrected chi connectivity index (χ3v) is 3.75. The van der Waals surface area contributed by atoms with E-state index in [1.165, 1.54) is 43.1 Å². The molecule has 0 bridgehead atoms. The summed E-state index contributed by atoms with van der Waals surface area (Å²) in [5.41, 5.74) is 2.79. The largest absolute Gasteiger partial charge is 0.412 e. The minimum Gasteiger partial charge on any atom is -0.412 e. The zero-order chi connectivity index (χ0) is 11.4. The van der Waals surface area contributed by atoms with Gasteiger partial charge >= 0.3 is 0 Å². The van der Waals surface area contributed by atoms with Crippen molar-refractivity contribution in [3.05, 3.63) is 29.8 Å². The second-order valence-electron chi connectivity index (χ2n) is 5.19. The van der Waals surface area contributed by atoms with Crippen LogP contribution in [0, 0.1) is 0 Å². The van der Waals surface area contributed by atoms with Crippen molar-refractivity contribution in [1.82, 2.24) is 4.90 Å². The van der Waals surface area contributed by atoms with E-state index >= 15 is 0 Å². The Hall–Kier alpha value is -0.835. The molecule has 4 N–H and O–H groups in total. The van der Waals surface area contributed by atoms with Gasteiger partial charge in [-0.2, -0.15) is 0 Å². The maximum atomic E-state index is 2.53. The molecule has 1 aliphatic carbocycles. The molecule has 0 heterocycles. The standard InChI is InChI=1S/C14H22BN.2H2O/c1-16(14-5-3-2-4-6-14)11-12-7-9-13(15)10-8-12;;/h7-10,14H,2-6,11,15H2,1H3;2*1H2. The smallest absolute Gasteiger partial charge is 0.139 e. The summed E-state index contributed by atoms with van der Waals surface area (Å²) < 4.78 is 0. The van der Waals surface area contributed by atoms with Crippen LogP contribution in [0.4, 0.5) is 0 Å². The van der Waals surface area contributed by atoms with Gasteiger partial charge in [-0.15, -0.1) is 0 Å². The summed E-state index contributed by atoms with van der Waals surface area (Å²) in [5, 5.41) is 0. The minimum atomic E-state index is 0. The van der Waals surface area contributed by atoms with E-state index in [4.69, 9.17) is 0 Å². The number of rotatable bonds is 3. The van der Waals surface area contributed by atoms with Crippen molar-refractivity contribution in [2.45, 2.75) is 44.7 Å². The maximum absolute atomic E-state index is 2.53. The van der Waals surface area contributed by atoms with Gasteiger partial charge in [-0.3, -0.25) is 4.90 Å². The fraction of sp³-hybridized carbons (Fsp3) is 0.571. The summed E-state index contributed by atoms with van der Waals surface area (Å²) in [6, 6.07) is 9.76. The van der Waals surface area contributed by atoms with Crippen molar-refractivity contribution < 1.29 is 11.0 Å². The number of nitrogens with zero attached hydrogens (tertiary/aromatic N) is 1. The van der Waals surface area contributed by atoms with Crippen molar-refractivity contribution in [2.24, 2.45) is 0 Å². The lowest BCUT2D eigenvalue weighted by Crippen LogP contribution is -2.32. The Labute approximate surface area is 111 Å². The monoisotopic (exact) mass is 251 g/mol. The Morgan fingerprint density at radius 3 is 2.17 bits per heavy atom. The van der Waals surface area contributed by atoms with Crippen LogP contribution in [-0.2, 0) is 6.54 Å². The highest BCUT2D eigenvalue weighted by Crippen LogP contribution is 2.22. The van der Waals surface area contributed by atoms with Crippen LogP contribution in [0.15, 0.2) is 24.3 Å². The molecule has 18 heavy (non-hydrogen) atoms. The molecule has 1 fully saturated rings. The van der Waals surface area contributed by atoms with Crippen molar-refractivity contribution >= 4 is 13.3 Å². The Morgan fingerprint density at radius 2 is 1.61 bits per heavy atom. The lowest BCUT2D eigenvalue weighted by atomic mass is 9.93. The number of benzene rings is 1. The second-order valence-corrected chi connectivity index (χ2v) is 5.19. The lowest BCUT2D eigenvalue weighted by Gasteiger charge is -2.31. The molecule has 1 saturated carbocycles. The highest BCUT2D eigenvalue weighted by atomic mass is 16.0. The van der Waals surface area contributed by atoms with Gasteiger partial charge in [0.2, 0.25) is 0 Å². The highest BCUT2D eigenvalue weighted by Gasteiger charge is 2.17. The van der Waals surface area contributed by atoms with E-state index in [2.05, 4.69) is 44.1 Å². The third kappa shape index (κ3) is 4.80. The zero-order valence-electron chi connectivity index (χ0n) is 11.6. The Morgan fingerprint density at radius 1 is 1.06 bits per heavy atom. The van der Waals surface area contributed by atoms with E-state index < -0.39 is 0 Å². The second kappa shape index (κ2) is 8.30. The molecule has 1 aromatic rings. The van der Waals surface area contributed by atoms with E-state index in [-0.39, 0.29) is 11.0 Å². The van der Waals surface area contributed by atoms with Gasteiger partial charge in [-0.05, 0) is 25.5 Å². The van der Waals surface area contributed by atoms with Gasteiger partial charge in [0.05, 0.1) is 0 Å². The Bertz CT molecular complexity index is 323. The predicted molar refractivity (Wildman–Crippen MR) is 80.2 cm³/mol. The topological polar surface area (TPSA) is 66.2 Å². The molecule has 102 valence electrons. The molecular weight excluding hydrogens is 225 g/mol. The maximum Gasteiger partial charge on any atom is 0.139 e. The lowest BCUT2D eigenvalue weighted by molar-refractivity contribution is 0.184. The first-order valence-electron chi connectivity index (χ1n) is 6.51. The quantitative estimate of drug-likeness (QED) is 0.700. The van der Waals surface area contributed by atoms with Gasteiger partial charge in [0.15, 0.2) is 0 Å². The molecule has 1 aliphatic rings. The van der Waals surface area contributed by atoms with Crippen LogP contribution in [0.3, 0.4) is 0 Å². The van der Waals surface area contributed by atoms with Crippen LogP contribution in [0.25, 0.3) is 0 Å². The minimum absolute atomic E-state index is 0. The predicted octanol–water partition coefficient (Wildman–Crippen LogP) is 0.0601. The molecule has 0 aromatic heterocycles. The van der Waals surface area contributed by atoms with E-state index in [0.717, 1.165) is 12.6 Å². The highest BCUT2D eigenvalue weighted by molar-refractivity contribution is 6.32. The van der Waals surface area contributed by atoms with Crippen LogP contribution < -0.4 is 5.46 Å². The van der Waals surface area contributed by atoms with Gasteiger partial charge in [-0.25, -0.2) is 0 Å². The van der Waals surface area contributed by atoms with E-state index in [9.17, 15) is 0 Å². The SMILES string of the molecule is Bc1ccc(CN(C)C2CCCCC2)cc1.O.O. The van der Waals surface area contributed by atoms with Crippen molar-refractivity contribution in [2.75, 3.05) is 7.05 Å². The first-order valence-corrected chi connectivity index (χ1v) is 6.51. The van der Waals surface area contributed by atoms with E-state index in [1.54, 1.807) is 0 Å². The Balaban J connectivity index is 0.00000144. The van der Waals surface area contributed by atoms with E-state index in [1.807, 2.05) is 0 Å². The fourth-order valence-corrected chi connectivity index (χ4v) is 2.63. The van der Waals surface area contributed by atoms with Crippen LogP contribution in [0.1, 0.15) is 37.7 Å². The summed E-state index contributed by atoms with van der Waals surface area (Å²) in [6.45, 7) is 1.10. The van der Waals surface area contributed by atoms with Crippen molar-refractivity contribution in [1.29, 1.82) is 0 Å². The summed E-state index contributed by atoms with van der Waals surface area (Å²) >= 11 is 0. The van der Waals surface area contributed by atoms with Crippen LogP contribution in [0.2, 0.25) is 0 Å². The van der Waals surface area contributed by atoms with Crippen LogP contribution in [0.5, 0.6) is 0 Å². The summed E-state index contributed by atoms with van der Waals surface area (Å²) in [6.07, 6.45) is 7.06. The molecule has 0 radical (unpaired) electrons. The van der Waals surface area contributed by atoms with Crippen molar-refractivity contribution in [3.8, 4) is 0 Å². The summed E-state index contributed by atoms with van der Waals surface area (Å²) in [7, 11) is 4.42. The van der Waals surface area contributed by atoms with Gasteiger partial charge < -0.3 is 11.0 Å². The third-order valence-electron chi connectivity index (χ3n) is 3.75. The molecule has 0 saturated heterocycles. The average Bonchev–Trinajstić information content (AvgIpc) is 2.33. The van der Waals surface area contributed by atoms with Gasteiger partial charge in [0.25, 0.3) is 0 Å². The molecule has 1 aromatic carbocycles. The molecule has 0 atom stereocenters. The fourth-order valence-electron chi connectivity index (χ4n) is 2.63. The Kier molecular flexibility index (Phi) is 7.91. The molecular formula is C14H26BNO2. The van der Waals surface area contributed by atoms with Gasteiger partial charge in [0, 0.05) is 12.6 Å². The van der Waals surface area contributed by atoms with Gasteiger partial charge in [-0.1, -0.05) is 49.0 Å². The van der Waals surface area contributed by atoms with Gasteiger partial charge in [0.1, 0.15) is 7.85 Å². The molecule has 0 aliphatic heterocycles. The van der Waals surface area contributed by atoms with Crippen LogP contribution >= 0.6 is 0 Å². The van der Waals surface area contributed by atoms with Crippen molar-refractivity contribution in [3.63, 3.8) is 0 Å². The van der Waals surface area contributed by atoms with Crippen LogP contribution in [-0.4, -0.2) is 36.8 Å². The summed E-state index contributed by atoms with van der Waals surface area (Å²) in [4.78, 5) is 2.53. The normalized spacial score (nSPS) is 15.9. The number of hydrogen-bond donors (Lipinski definition) is 0. The first-order chi connectivity index (χ1) is 7.75. The van der Waals surface area contributed by atoms with E-state index in [0.29, 0.717) is 0 Å². The molecule has 2 rings (SSSR count). The summed E-state index contributed by atoms with van der Waals surface area (Å²) in [5.74, 6) is 0. The molecule has 0 spiro atoms. The molecule has 0 amide bonds. The number of hydrogen-bond acceptors (Lipinski definition) is 1. The zero-order valence-corrected chi connectivity index (χ0v) is 11.6.